The fraction of sp³-hybridized carbons (Fsp3) is 0.538. The molecule has 0 saturated heterocycles. The van der Waals surface area contributed by atoms with E-state index in [1.165, 1.54) is 11.3 Å². The largest absolute Gasteiger partial charge is 0.313 e. The standard InChI is InChI=1S/C13H20ClNS/c1-4-9-15-10(2)11(3)16-13-8-6-5-7-12(13)14/h5-8,10-11,15H,4,9H2,1-3H3. The van der Waals surface area contributed by atoms with E-state index in [9.17, 15) is 0 Å². The first-order chi connectivity index (χ1) is 7.65. The van der Waals surface area contributed by atoms with E-state index in [-0.39, 0.29) is 0 Å². The highest BCUT2D eigenvalue weighted by Gasteiger charge is 2.13. The fourth-order valence-electron chi connectivity index (χ4n) is 1.38. The molecule has 16 heavy (non-hydrogen) atoms. The number of halogens is 1. The molecule has 0 spiro atoms. The SMILES string of the molecule is CCCNC(C)C(C)Sc1ccccc1Cl. The van der Waals surface area contributed by atoms with Crippen LogP contribution in [0.4, 0.5) is 0 Å². The zero-order valence-corrected chi connectivity index (χ0v) is 11.7. The van der Waals surface area contributed by atoms with Gasteiger partial charge in [0.05, 0.1) is 5.02 Å². The number of benzene rings is 1. The molecule has 0 aromatic heterocycles. The minimum Gasteiger partial charge on any atom is -0.313 e. The summed E-state index contributed by atoms with van der Waals surface area (Å²) in [6.07, 6.45) is 1.17. The van der Waals surface area contributed by atoms with Gasteiger partial charge in [0.1, 0.15) is 0 Å². The van der Waals surface area contributed by atoms with E-state index in [0.717, 1.165) is 11.6 Å². The van der Waals surface area contributed by atoms with E-state index >= 15 is 0 Å². The normalized spacial score (nSPS) is 14.8. The van der Waals surface area contributed by atoms with Crippen LogP contribution in [-0.2, 0) is 0 Å². The molecule has 0 bridgehead atoms. The Bertz CT molecular complexity index is 317. The summed E-state index contributed by atoms with van der Waals surface area (Å²) in [6, 6.07) is 8.53. The van der Waals surface area contributed by atoms with Crippen molar-refractivity contribution in [3.8, 4) is 0 Å². The smallest absolute Gasteiger partial charge is 0.0541 e. The molecular weight excluding hydrogens is 238 g/mol. The molecule has 1 rings (SSSR count). The summed E-state index contributed by atoms with van der Waals surface area (Å²) < 4.78 is 0. The van der Waals surface area contributed by atoms with Crippen molar-refractivity contribution in [1.29, 1.82) is 0 Å². The number of rotatable bonds is 6. The van der Waals surface area contributed by atoms with E-state index in [2.05, 4.69) is 32.2 Å². The first-order valence-corrected chi connectivity index (χ1v) is 7.05. The second kappa shape index (κ2) is 7.21. The van der Waals surface area contributed by atoms with Gasteiger partial charge in [-0.25, -0.2) is 0 Å². The zero-order valence-electron chi connectivity index (χ0n) is 10.2. The molecular formula is C13H20ClNS. The summed E-state index contributed by atoms with van der Waals surface area (Å²) in [5.41, 5.74) is 0. The minimum absolute atomic E-state index is 0.501. The van der Waals surface area contributed by atoms with Gasteiger partial charge in [-0.3, -0.25) is 0 Å². The molecule has 0 heterocycles. The minimum atomic E-state index is 0.501. The molecule has 0 aliphatic heterocycles. The van der Waals surface area contributed by atoms with Crippen LogP contribution in [0, 0.1) is 0 Å². The van der Waals surface area contributed by atoms with Crippen LogP contribution in [0.15, 0.2) is 29.2 Å². The van der Waals surface area contributed by atoms with Gasteiger partial charge >= 0.3 is 0 Å². The second-order valence-electron chi connectivity index (χ2n) is 4.00. The van der Waals surface area contributed by atoms with Crippen LogP contribution in [0.1, 0.15) is 27.2 Å². The third-order valence-corrected chi connectivity index (χ3v) is 4.40. The van der Waals surface area contributed by atoms with E-state index < -0.39 is 0 Å². The summed E-state index contributed by atoms with van der Waals surface area (Å²) in [6.45, 7) is 7.73. The van der Waals surface area contributed by atoms with Crippen molar-refractivity contribution in [2.75, 3.05) is 6.54 Å². The molecule has 1 nitrogen and oxygen atoms in total. The Kier molecular flexibility index (Phi) is 6.25. The van der Waals surface area contributed by atoms with Gasteiger partial charge in [-0.2, -0.15) is 0 Å². The van der Waals surface area contributed by atoms with Gasteiger partial charge < -0.3 is 5.32 Å². The van der Waals surface area contributed by atoms with Gasteiger partial charge in [0.2, 0.25) is 0 Å². The maximum absolute atomic E-state index is 6.14. The third kappa shape index (κ3) is 4.36. The van der Waals surface area contributed by atoms with Crippen LogP contribution < -0.4 is 5.32 Å². The first-order valence-electron chi connectivity index (χ1n) is 5.79. The first kappa shape index (κ1) is 13.9. The van der Waals surface area contributed by atoms with Crippen LogP contribution in [0.25, 0.3) is 0 Å². The monoisotopic (exact) mass is 257 g/mol. The van der Waals surface area contributed by atoms with Crippen LogP contribution >= 0.6 is 23.4 Å². The van der Waals surface area contributed by atoms with Gasteiger partial charge in [-0.05, 0) is 32.0 Å². The summed E-state index contributed by atoms with van der Waals surface area (Å²) in [5.74, 6) is 0. The van der Waals surface area contributed by atoms with Crippen molar-refractivity contribution in [1.82, 2.24) is 5.32 Å². The molecule has 2 unspecified atom stereocenters. The third-order valence-electron chi connectivity index (χ3n) is 2.57. The Morgan fingerprint density at radius 2 is 2.00 bits per heavy atom. The second-order valence-corrected chi connectivity index (χ2v) is 5.82. The topological polar surface area (TPSA) is 12.0 Å². The Morgan fingerprint density at radius 1 is 1.31 bits per heavy atom. The summed E-state index contributed by atoms with van der Waals surface area (Å²) in [5, 5.41) is 4.88. The van der Waals surface area contributed by atoms with E-state index in [0.29, 0.717) is 11.3 Å². The lowest BCUT2D eigenvalue weighted by Crippen LogP contribution is -2.34. The summed E-state index contributed by atoms with van der Waals surface area (Å²) in [7, 11) is 0. The van der Waals surface area contributed by atoms with Crippen molar-refractivity contribution in [3.63, 3.8) is 0 Å². The molecule has 1 aromatic carbocycles. The molecule has 0 radical (unpaired) electrons. The maximum Gasteiger partial charge on any atom is 0.0541 e. The predicted octanol–water partition coefficient (Wildman–Crippen LogP) is 4.21. The lowest BCUT2D eigenvalue weighted by molar-refractivity contribution is 0.542. The molecule has 0 aliphatic carbocycles. The molecule has 0 saturated carbocycles. The average Bonchev–Trinajstić information content (AvgIpc) is 2.28. The summed E-state index contributed by atoms with van der Waals surface area (Å²) >= 11 is 7.97. The molecule has 1 aromatic rings. The highest BCUT2D eigenvalue weighted by Crippen LogP contribution is 2.31. The van der Waals surface area contributed by atoms with Gasteiger partial charge in [0.15, 0.2) is 0 Å². The van der Waals surface area contributed by atoms with Crippen molar-refractivity contribution in [2.45, 2.75) is 43.4 Å². The van der Waals surface area contributed by atoms with Crippen molar-refractivity contribution >= 4 is 23.4 Å². The highest BCUT2D eigenvalue weighted by atomic mass is 35.5. The number of thioether (sulfide) groups is 1. The predicted molar refractivity (Wildman–Crippen MR) is 74.5 cm³/mol. The van der Waals surface area contributed by atoms with Gasteiger partial charge in [0.25, 0.3) is 0 Å². The lowest BCUT2D eigenvalue weighted by atomic mass is 10.2. The molecule has 0 amide bonds. The number of hydrogen-bond acceptors (Lipinski definition) is 2. The van der Waals surface area contributed by atoms with E-state index in [1.54, 1.807) is 0 Å². The molecule has 1 N–H and O–H groups in total. The maximum atomic E-state index is 6.14. The van der Waals surface area contributed by atoms with Crippen LogP contribution in [0.2, 0.25) is 5.02 Å². The van der Waals surface area contributed by atoms with Gasteiger partial charge in [0, 0.05) is 16.2 Å². The van der Waals surface area contributed by atoms with Crippen molar-refractivity contribution in [3.05, 3.63) is 29.3 Å². The summed E-state index contributed by atoms with van der Waals surface area (Å²) in [4.78, 5) is 1.17. The quantitative estimate of drug-likeness (QED) is 0.767. The highest BCUT2D eigenvalue weighted by molar-refractivity contribution is 8.00. The Balaban J connectivity index is 2.50. The molecule has 3 heteroatoms. The van der Waals surface area contributed by atoms with E-state index in [4.69, 9.17) is 11.6 Å². The average molecular weight is 258 g/mol. The van der Waals surface area contributed by atoms with Crippen molar-refractivity contribution in [2.24, 2.45) is 0 Å². The Morgan fingerprint density at radius 3 is 2.62 bits per heavy atom. The van der Waals surface area contributed by atoms with Crippen molar-refractivity contribution < 1.29 is 0 Å². The van der Waals surface area contributed by atoms with Gasteiger partial charge in [-0.1, -0.05) is 37.6 Å². The van der Waals surface area contributed by atoms with E-state index in [1.807, 2.05) is 30.0 Å². The number of hydrogen-bond donors (Lipinski definition) is 1. The molecule has 2 atom stereocenters. The van der Waals surface area contributed by atoms with Gasteiger partial charge in [-0.15, -0.1) is 11.8 Å². The van der Waals surface area contributed by atoms with Crippen LogP contribution in [-0.4, -0.2) is 17.8 Å². The Hall–Kier alpha value is -0.180. The molecule has 0 fully saturated rings. The Labute approximate surface area is 108 Å². The number of nitrogens with one attached hydrogen (secondary N) is 1. The lowest BCUT2D eigenvalue weighted by Gasteiger charge is -2.21. The molecule has 90 valence electrons. The fourth-order valence-corrected chi connectivity index (χ4v) is 2.69. The zero-order chi connectivity index (χ0) is 12.0. The van der Waals surface area contributed by atoms with Crippen LogP contribution in [0.3, 0.4) is 0 Å². The van der Waals surface area contributed by atoms with Crippen LogP contribution in [0.5, 0.6) is 0 Å². The molecule has 0 aliphatic rings.